The van der Waals surface area contributed by atoms with E-state index in [1.165, 1.54) is 23.4 Å². The van der Waals surface area contributed by atoms with E-state index >= 15 is 0 Å². The van der Waals surface area contributed by atoms with Crippen LogP contribution in [0.4, 0.5) is 10.7 Å². The number of nitrogens with zero attached hydrogens (tertiary/aromatic N) is 10. The quantitative estimate of drug-likeness (QED) is 0.304. The molecule has 38 heavy (non-hydrogen) atoms. The van der Waals surface area contributed by atoms with Crippen LogP contribution in [-0.4, -0.2) is 88.4 Å². The second-order valence-corrected chi connectivity index (χ2v) is 9.73. The van der Waals surface area contributed by atoms with Gasteiger partial charge in [0.25, 0.3) is 5.56 Å². The maximum Gasteiger partial charge on any atom is 0.409 e. The van der Waals surface area contributed by atoms with Gasteiger partial charge < -0.3 is 19.1 Å². The number of amides is 1. The molecule has 1 aliphatic rings. The van der Waals surface area contributed by atoms with E-state index in [1.807, 2.05) is 39.8 Å². The van der Waals surface area contributed by atoms with Gasteiger partial charge in [-0.05, 0) is 29.5 Å². The van der Waals surface area contributed by atoms with Gasteiger partial charge in [0.05, 0.1) is 12.3 Å². The maximum absolute atomic E-state index is 13.2. The molecule has 4 aromatic rings. The lowest BCUT2D eigenvalue weighted by atomic mass is 10.3. The smallest absolute Gasteiger partial charge is 0.409 e. The fraction of sp³-hybridized carbons (Fsp3) is 0.435. The highest BCUT2D eigenvalue weighted by Crippen LogP contribution is 2.24. The molecule has 1 aromatic carbocycles. The number of imidazole rings is 1. The predicted octanol–water partition coefficient (Wildman–Crippen LogP) is 0.480. The van der Waals surface area contributed by atoms with E-state index in [4.69, 9.17) is 9.72 Å². The Morgan fingerprint density at radius 1 is 1.05 bits per heavy atom. The number of ether oxygens (including phenoxy) is 1. The van der Waals surface area contributed by atoms with Crippen molar-refractivity contribution in [2.45, 2.75) is 18.6 Å². The Morgan fingerprint density at radius 2 is 1.79 bits per heavy atom. The number of aromatic nitrogens is 8. The number of rotatable bonds is 7. The largest absolute Gasteiger partial charge is 0.450 e. The van der Waals surface area contributed by atoms with Crippen molar-refractivity contribution in [3.8, 4) is 5.69 Å². The molecule has 5 rings (SSSR count). The van der Waals surface area contributed by atoms with Crippen LogP contribution in [0.25, 0.3) is 16.9 Å². The third-order valence-electron chi connectivity index (χ3n) is 6.40. The summed E-state index contributed by atoms with van der Waals surface area (Å²) in [6.07, 6.45) is -0.343. The van der Waals surface area contributed by atoms with Gasteiger partial charge in [0, 0.05) is 52.6 Å². The van der Waals surface area contributed by atoms with Gasteiger partial charge in [-0.15, -0.1) is 5.10 Å². The molecule has 0 N–H and O–H groups in total. The summed E-state index contributed by atoms with van der Waals surface area (Å²) < 4.78 is 11.1. The first-order valence-corrected chi connectivity index (χ1v) is 13.2. The average Bonchev–Trinajstić information content (AvgIpc) is 3.57. The lowest BCUT2D eigenvalue weighted by molar-refractivity contribution is 0.105. The number of carbonyl (C=O) groups excluding carboxylic acids is 1. The van der Waals surface area contributed by atoms with Crippen molar-refractivity contribution in [1.82, 2.24) is 43.8 Å². The number of hydrogen-bond acceptors (Lipinski definition) is 10. The van der Waals surface area contributed by atoms with Crippen LogP contribution in [0.1, 0.15) is 6.92 Å². The number of thioether (sulfide) groups is 1. The molecule has 4 heterocycles. The highest BCUT2D eigenvalue weighted by atomic mass is 32.2. The zero-order valence-electron chi connectivity index (χ0n) is 21.3. The Bertz CT molecular complexity index is 1570. The molecule has 0 aliphatic carbocycles. The molecule has 0 saturated carbocycles. The molecule has 0 atom stereocenters. The molecular weight excluding hydrogens is 512 g/mol. The van der Waals surface area contributed by atoms with Crippen LogP contribution >= 0.6 is 11.8 Å². The Morgan fingerprint density at radius 3 is 2.50 bits per heavy atom. The van der Waals surface area contributed by atoms with Crippen LogP contribution in [0.5, 0.6) is 0 Å². The van der Waals surface area contributed by atoms with Crippen molar-refractivity contribution in [3.05, 3.63) is 51.2 Å². The monoisotopic (exact) mass is 540 g/mol. The number of fused-ring (bicyclic) bond motifs is 1. The van der Waals surface area contributed by atoms with Crippen molar-refractivity contribution >= 4 is 35.0 Å². The van der Waals surface area contributed by atoms with Crippen LogP contribution in [0.2, 0.25) is 0 Å². The molecule has 0 bridgehead atoms. The molecule has 1 fully saturated rings. The number of piperazine rings is 1. The van der Waals surface area contributed by atoms with E-state index in [1.54, 1.807) is 23.6 Å². The van der Waals surface area contributed by atoms with E-state index in [2.05, 4.69) is 15.5 Å². The molecule has 15 heteroatoms. The third-order valence-corrected chi connectivity index (χ3v) is 7.30. The summed E-state index contributed by atoms with van der Waals surface area (Å²) >= 11 is 1.45. The van der Waals surface area contributed by atoms with E-state index in [0.717, 1.165) is 10.3 Å². The van der Waals surface area contributed by atoms with Gasteiger partial charge in [0.1, 0.15) is 0 Å². The Labute approximate surface area is 221 Å². The second kappa shape index (κ2) is 10.7. The Balaban J connectivity index is 1.44. The zero-order chi connectivity index (χ0) is 26.8. The van der Waals surface area contributed by atoms with Crippen molar-refractivity contribution in [3.63, 3.8) is 0 Å². The van der Waals surface area contributed by atoms with E-state index in [9.17, 15) is 14.4 Å². The minimum absolute atomic E-state index is 0.317. The van der Waals surface area contributed by atoms with Gasteiger partial charge in [0.15, 0.2) is 11.2 Å². The molecule has 0 unspecified atom stereocenters. The molecule has 0 spiro atoms. The highest BCUT2D eigenvalue weighted by Gasteiger charge is 2.27. The maximum atomic E-state index is 13.2. The fourth-order valence-electron chi connectivity index (χ4n) is 4.42. The summed E-state index contributed by atoms with van der Waals surface area (Å²) in [5.41, 5.74) is 0.659. The Hall–Kier alpha value is -4.14. The molecule has 3 aromatic heterocycles. The molecule has 0 radical (unpaired) electrons. The van der Waals surface area contributed by atoms with E-state index in [-0.39, 0.29) is 6.09 Å². The number of benzene rings is 1. The third kappa shape index (κ3) is 4.64. The fourth-order valence-corrected chi connectivity index (χ4v) is 5.24. The molecule has 1 aliphatic heterocycles. The topological polar surface area (TPSA) is 138 Å². The van der Waals surface area contributed by atoms with Crippen molar-refractivity contribution < 1.29 is 9.53 Å². The average molecular weight is 541 g/mol. The minimum Gasteiger partial charge on any atom is -0.450 e. The van der Waals surface area contributed by atoms with Gasteiger partial charge in [-0.2, -0.15) is 9.67 Å². The van der Waals surface area contributed by atoms with Gasteiger partial charge in [0.2, 0.25) is 11.1 Å². The summed E-state index contributed by atoms with van der Waals surface area (Å²) in [7, 11) is 3.06. The first-order valence-electron chi connectivity index (χ1n) is 12.2. The molecule has 14 nitrogen and oxygen atoms in total. The summed E-state index contributed by atoms with van der Waals surface area (Å²) in [5, 5.41) is 12.7. The van der Waals surface area contributed by atoms with Crippen LogP contribution in [0, 0.1) is 0 Å². The van der Waals surface area contributed by atoms with Gasteiger partial charge in [-0.1, -0.05) is 30.0 Å². The van der Waals surface area contributed by atoms with Crippen molar-refractivity contribution in [2.75, 3.05) is 43.4 Å². The van der Waals surface area contributed by atoms with Gasteiger partial charge in [-0.25, -0.2) is 9.59 Å². The van der Waals surface area contributed by atoms with Crippen LogP contribution in [0.15, 0.2) is 45.1 Å². The number of tetrazole rings is 1. The second-order valence-electron chi connectivity index (χ2n) is 8.67. The zero-order valence-corrected chi connectivity index (χ0v) is 22.2. The minimum atomic E-state index is -0.442. The van der Waals surface area contributed by atoms with Crippen LogP contribution in [0.3, 0.4) is 0 Å². The lowest BCUT2D eigenvalue weighted by Gasteiger charge is -2.34. The molecule has 200 valence electrons. The van der Waals surface area contributed by atoms with Crippen LogP contribution in [-0.2, 0) is 25.4 Å². The number of para-hydroxylation sites is 1. The first-order chi connectivity index (χ1) is 18.4. The molecule has 1 saturated heterocycles. The summed E-state index contributed by atoms with van der Waals surface area (Å²) in [5.74, 6) is 1.12. The lowest BCUT2D eigenvalue weighted by Crippen LogP contribution is -2.49. The summed E-state index contributed by atoms with van der Waals surface area (Å²) in [6.45, 7) is 4.45. The van der Waals surface area contributed by atoms with E-state index in [0.29, 0.717) is 67.4 Å². The first kappa shape index (κ1) is 25.5. The molecular formula is C23H28N10O4S. The van der Waals surface area contributed by atoms with E-state index < -0.39 is 11.2 Å². The Kier molecular flexibility index (Phi) is 7.18. The number of carbonyl (C=O) groups is 1. The summed E-state index contributed by atoms with van der Waals surface area (Å²) in [6, 6.07) is 9.59. The number of anilines is 1. The molecule has 1 amide bonds. The standard InChI is InChI=1S/C23H28N10O4S/c1-4-37-23(36)31-12-10-30(11-13-31)20-24-18-17(19(34)29(3)22(35)28(18)2)32(20)14-15-38-21-25-26-27-33(21)16-8-6-5-7-9-16/h5-9H,4,10-15H2,1-3H3. The van der Waals surface area contributed by atoms with Gasteiger partial charge >= 0.3 is 11.8 Å². The predicted molar refractivity (Wildman–Crippen MR) is 141 cm³/mol. The normalized spacial score (nSPS) is 13.9. The van der Waals surface area contributed by atoms with Crippen LogP contribution < -0.4 is 16.1 Å². The van der Waals surface area contributed by atoms with Crippen molar-refractivity contribution in [2.24, 2.45) is 14.1 Å². The SMILES string of the molecule is CCOC(=O)N1CCN(c2nc3c(c(=O)n(C)c(=O)n3C)n2CCSc2nnnn2-c2ccccc2)CC1. The number of hydrogen-bond donors (Lipinski definition) is 0. The van der Waals surface area contributed by atoms with Crippen molar-refractivity contribution in [1.29, 1.82) is 0 Å². The van der Waals surface area contributed by atoms with Gasteiger partial charge in [-0.3, -0.25) is 13.9 Å². The number of aryl methyl sites for hydroxylation is 2. The highest BCUT2D eigenvalue weighted by molar-refractivity contribution is 7.99. The summed E-state index contributed by atoms with van der Waals surface area (Å²) in [4.78, 5) is 46.4.